The van der Waals surface area contributed by atoms with Gasteiger partial charge in [0.05, 0.1) is 5.69 Å². The fourth-order valence-corrected chi connectivity index (χ4v) is 6.24. The number of aryl methyl sites for hydroxylation is 2. The maximum absolute atomic E-state index is 12.1. The zero-order valence-electron chi connectivity index (χ0n) is 14.5. The Labute approximate surface area is 156 Å². The van der Waals surface area contributed by atoms with Crippen molar-refractivity contribution in [2.45, 2.75) is 35.8 Å². The zero-order chi connectivity index (χ0) is 17.9. The minimum Gasteiger partial charge on any atom is -0.314 e. The first-order chi connectivity index (χ1) is 12.5. The van der Waals surface area contributed by atoms with E-state index in [1.165, 1.54) is 16.0 Å². The molecule has 2 aromatic rings. The van der Waals surface area contributed by atoms with E-state index in [9.17, 15) is 4.57 Å². The van der Waals surface area contributed by atoms with Crippen LogP contribution in [0.1, 0.15) is 11.1 Å². The number of nitrogens with zero attached hydrogens (tertiary/aromatic N) is 1. The summed E-state index contributed by atoms with van der Waals surface area (Å²) >= 11 is 1.71. The molecule has 4 heterocycles. The summed E-state index contributed by atoms with van der Waals surface area (Å²) in [6.45, 7) is 5.59. The maximum Gasteiger partial charge on any atom is 0.484 e. The Kier molecular flexibility index (Phi) is 3.77. The Morgan fingerprint density at radius 2 is 2.00 bits per heavy atom. The van der Waals surface area contributed by atoms with Crippen molar-refractivity contribution >= 4 is 25.3 Å². The number of phosphoric acid groups is 1. The molecule has 2 bridgehead atoms. The van der Waals surface area contributed by atoms with E-state index >= 15 is 0 Å². The molecule has 1 spiro atoms. The standard InChI is InChI=1S/C18H19N2O4PS/c1-12-7-8-15(13(2)11-12)26-16-6-4-3-5-14(16)20-10-9-19-17-18(20)23-25(21,22-17)24-18/h3-8,11,17,19H,9-10H2,1-2H3. The van der Waals surface area contributed by atoms with Crippen LogP contribution >= 0.6 is 19.6 Å². The van der Waals surface area contributed by atoms with Crippen LogP contribution in [-0.4, -0.2) is 25.2 Å². The van der Waals surface area contributed by atoms with Gasteiger partial charge in [-0.05, 0) is 37.6 Å². The molecule has 0 aliphatic carbocycles. The molecule has 0 saturated carbocycles. The first-order valence-corrected chi connectivity index (χ1v) is 10.8. The van der Waals surface area contributed by atoms with Crippen molar-refractivity contribution < 1.29 is 18.1 Å². The molecule has 1 atom stereocenters. The second-order valence-corrected chi connectivity index (χ2v) is 9.24. The van der Waals surface area contributed by atoms with Crippen molar-refractivity contribution in [1.29, 1.82) is 0 Å². The number of nitrogens with one attached hydrogen (secondary N) is 1. The molecule has 4 fully saturated rings. The van der Waals surface area contributed by atoms with Gasteiger partial charge in [0.1, 0.15) is 0 Å². The lowest BCUT2D eigenvalue weighted by Gasteiger charge is -2.48. The fraction of sp³-hybridized carbons (Fsp3) is 0.333. The molecule has 4 aliphatic heterocycles. The van der Waals surface area contributed by atoms with Crippen molar-refractivity contribution in [1.82, 2.24) is 5.32 Å². The molecular weight excluding hydrogens is 371 g/mol. The highest BCUT2D eigenvalue weighted by molar-refractivity contribution is 7.99. The van der Waals surface area contributed by atoms with Crippen molar-refractivity contribution in [3.05, 3.63) is 53.6 Å². The molecule has 1 unspecified atom stereocenters. The Bertz CT molecular complexity index is 927. The number of benzene rings is 2. The van der Waals surface area contributed by atoms with Crippen molar-refractivity contribution in [2.75, 3.05) is 18.0 Å². The van der Waals surface area contributed by atoms with Crippen molar-refractivity contribution in [3.63, 3.8) is 0 Å². The van der Waals surface area contributed by atoms with Crippen LogP contribution in [0.4, 0.5) is 5.69 Å². The average molecular weight is 390 g/mol. The van der Waals surface area contributed by atoms with Crippen LogP contribution in [0.15, 0.2) is 52.3 Å². The average Bonchev–Trinajstić information content (AvgIpc) is 3.05. The highest BCUT2D eigenvalue weighted by Crippen LogP contribution is 2.75. The maximum atomic E-state index is 12.1. The molecule has 2 aromatic carbocycles. The topological polar surface area (TPSA) is 60.0 Å². The number of hydrogen-bond acceptors (Lipinski definition) is 7. The number of piperazine rings is 1. The van der Waals surface area contributed by atoms with Crippen LogP contribution in [0.25, 0.3) is 0 Å². The van der Waals surface area contributed by atoms with Gasteiger partial charge < -0.3 is 4.90 Å². The van der Waals surface area contributed by atoms with Crippen molar-refractivity contribution in [2.24, 2.45) is 0 Å². The molecule has 136 valence electrons. The van der Waals surface area contributed by atoms with E-state index < -0.39 is 20.0 Å². The molecule has 0 amide bonds. The number of rotatable bonds is 3. The summed E-state index contributed by atoms with van der Waals surface area (Å²) in [5, 5.41) is 3.18. The van der Waals surface area contributed by atoms with Gasteiger partial charge in [0.15, 0.2) is 6.23 Å². The van der Waals surface area contributed by atoms with Gasteiger partial charge in [-0.3, -0.25) is 9.84 Å². The van der Waals surface area contributed by atoms with Crippen LogP contribution < -0.4 is 10.2 Å². The molecule has 8 heteroatoms. The Hall–Kier alpha value is -1.34. The highest BCUT2D eigenvalue weighted by Gasteiger charge is 2.75. The lowest BCUT2D eigenvalue weighted by atomic mass is 10.2. The second-order valence-electron chi connectivity index (χ2n) is 6.69. The summed E-state index contributed by atoms with van der Waals surface area (Å²) < 4.78 is 28.8. The lowest BCUT2D eigenvalue weighted by molar-refractivity contribution is -0.195. The smallest absolute Gasteiger partial charge is 0.314 e. The van der Waals surface area contributed by atoms with Gasteiger partial charge in [-0.2, -0.15) is 0 Å². The molecule has 6 rings (SSSR count). The van der Waals surface area contributed by atoms with E-state index in [0.717, 1.165) is 10.6 Å². The van der Waals surface area contributed by atoms with E-state index in [1.54, 1.807) is 11.8 Å². The molecule has 4 saturated heterocycles. The lowest BCUT2D eigenvalue weighted by Crippen LogP contribution is -2.68. The zero-order valence-corrected chi connectivity index (χ0v) is 16.2. The number of para-hydroxylation sites is 1. The Morgan fingerprint density at radius 1 is 1.19 bits per heavy atom. The van der Waals surface area contributed by atoms with Crippen LogP contribution in [0.5, 0.6) is 0 Å². The largest absolute Gasteiger partial charge is 0.484 e. The van der Waals surface area contributed by atoms with E-state index in [1.807, 2.05) is 23.1 Å². The predicted molar refractivity (Wildman–Crippen MR) is 99.2 cm³/mol. The van der Waals surface area contributed by atoms with E-state index in [4.69, 9.17) is 13.6 Å². The fourth-order valence-electron chi connectivity index (χ4n) is 3.62. The van der Waals surface area contributed by atoms with E-state index in [0.29, 0.717) is 13.1 Å². The summed E-state index contributed by atoms with van der Waals surface area (Å²) in [7, 11) is -3.38. The summed E-state index contributed by atoms with van der Waals surface area (Å²) in [4.78, 5) is 4.31. The Morgan fingerprint density at radius 3 is 2.81 bits per heavy atom. The highest BCUT2D eigenvalue weighted by atomic mass is 32.2. The second kappa shape index (κ2) is 5.83. The minimum atomic E-state index is -3.38. The first-order valence-electron chi connectivity index (χ1n) is 8.54. The SMILES string of the molecule is Cc1ccc(Sc2ccccc2N2CCNC3OP4(=O)OC32O4)c(C)c1. The van der Waals surface area contributed by atoms with Gasteiger partial charge >= 0.3 is 13.7 Å². The molecule has 1 N–H and O–H groups in total. The molecule has 4 aliphatic rings. The third-order valence-electron chi connectivity index (χ3n) is 4.80. The Balaban J connectivity index is 1.52. The van der Waals surface area contributed by atoms with Crippen LogP contribution in [0.2, 0.25) is 0 Å². The summed E-state index contributed by atoms with van der Waals surface area (Å²) in [5.74, 6) is -1.13. The predicted octanol–water partition coefficient (Wildman–Crippen LogP) is 4.03. The summed E-state index contributed by atoms with van der Waals surface area (Å²) in [5.41, 5.74) is 3.48. The molecule has 26 heavy (non-hydrogen) atoms. The van der Waals surface area contributed by atoms with Gasteiger partial charge in [0.25, 0.3) is 0 Å². The third kappa shape index (κ3) is 2.47. The third-order valence-corrected chi connectivity index (χ3v) is 7.48. The number of phosphoric ester groups is 1. The first kappa shape index (κ1) is 16.8. The van der Waals surface area contributed by atoms with E-state index in [-0.39, 0.29) is 0 Å². The van der Waals surface area contributed by atoms with Gasteiger partial charge in [0.2, 0.25) is 0 Å². The van der Waals surface area contributed by atoms with Gasteiger partial charge in [0, 0.05) is 22.9 Å². The monoisotopic (exact) mass is 390 g/mol. The summed E-state index contributed by atoms with van der Waals surface area (Å²) in [6, 6.07) is 14.6. The molecule has 0 radical (unpaired) electrons. The van der Waals surface area contributed by atoms with Gasteiger partial charge in [-0.1, -0.05) is 41.6 Å². The van der Waals surface area contributed by atoms with Crippen molar-refractivity contribution in [3.8, 4) is 0 Å². The molecule has 6 nitrogen and oxygen atoms in total. The normalized spacial score (nSPS) is 32.2. The van der Waals surface area contributed by atoms with Crippen LogP contribution in [0, 0.1) is 13.8 Å². The molecule has 0 aromatic heterocycles. The minimum absolute atomic E-state index is 0.541. The van der Waals surface area contributed by atoms with Crippen LogP contribution in [0.3, 0.4) is 0 Å². The van der Waals surface area contributed by atoms with Crippen LogP contribution in [-0.2, 0) is 18.1 Å². The number of hydrogen-bond donors (Lipinski definition) is 1. The quantitative estimate of drug-likeness (QED) is 0.794. The summed E-state index contributed by atoms with van der Waals surface area (Å²) in [6.07, 6.45) is -0.541. The van der Waals surface area contributed by atoms with Gasteiger partial charge in [-0.15, -0.1) is 0 Å². The van der Waals surface area contributed by atoms with Gasteiger partial charge in [-0.25, -0.2) is 13.6 Å². The number of anilines is 1. The molecular formula is C18H19N2O4PS. The van der Waals surface area contributed by atoms with E-state index in [2.05, 4.69) is 43.4 Å².